The zero-order valence-electron chi connectivity index (χ0n) is 14.2. The molecular weight excluding hydrogens is 389 g/mol. The summed E-state index contributed by atoms with van der Waals surface area (Å²) in [7, 11) is 0. The topological polar surface area (TPSA) is 78.5 Å². The molecule has 0 aliphatic carbocycles. The second kappa shape index (κ2) is 8.41. The fraction of sp³-hybridized carbons (Fsp3) is 0.211. The molecule has 2 N–H and O–H groups in total. The molecule has 2 aromatic carbocycles. The van der Waals surface area contributed by atoms with E-state index in [1.165, 1.54) is 6.07 Å². The number of benzene rings is 2. The Kier molecular flexibility index (Phi) is 5.98. The van der Waals surface area contributed by atoms with Crippen LogP contribution < -0.4 is 15.5 Å². The number of hydrogen-bond acceptors (Lipinski definition) is 3. The van der Waals surface area contributed by atoms with Crippen molar-refractivity contribution in [2.45, 2.75) is 6.42 Å². The van der Waals surface area contributed by atoms with Crippen LogP contribution in [0.4, 0.5) is 11.4 Å². The normalized spacial score (nSPS) is 16.3. The Hall–Kier alpha value is -2.57. The summed E-state index contributed by atoms with van der Waals surface area (Å²) in [6.07, 6.45) is 0.116. The lowest BCUT2D eigenvalue weighted by Gasteiger charge is -2.16. The Morgan fingerprint density at radius 1 is 1.11 bits per heavy atom. The minimum Gasteiger partial charge on any atom is -0.347 e. The summed E-state index contributed by atoms with van der Waals surface area (Å²) in [5.41, 5.74) is 1.17. The molecule has 0 spiro atoms. The first-order valence-corrected chi connectivity index (χ1v) is 9.07. The van der Waals surface area contributed by atoms with Gasteiger partial charge in [0.15, 0.2) is 0 Å². The molecular formula is C19H17Cl2N3O3. The van der Waals surface area contributed by atoms with Gasteiger partial charge in [-0.15, -0.1) is 0 Å². The van der Waals surface area contributed by atoms with Crippen molar-refractivity contribution < 1.29 is 14.4 Å². The van der Waals surface area contributed by atoms with Crippen LogP contribution in [0.25, 0.3) is 0 Å². The lowest BCUT2D eigenvalue weighted by atomic mass is 10.1. The molecule has 0 unspecified atom stereocenters. The molecule has 1 saturated heterocycles. The van der Waals surface area contributed by atoms with Gasteiger partial charge in [0.05, 0.1) is 23.2 Å². The second-order valence-corrected chi connectivity index (χ2v) is 6.97. The molecule has 3 amide bonds. The fourth-order valence-electron chi connectivity index (χ4n) is 2.84. The van der Waals surface area contributed by atoms with Crippen molar-refractivity contribution in [1.29, 1.82) is 0 Å². The monoisotopic (exact) mass is 405 g/mol. The van der Waals surface area contributed by atoms with Gasteiger partial charge in [-0.3, -0.25) is 14.4 Å². The SMILES string of the molecule is O=C(CNC(=O)[C@@H]1CC(=O)N(c2ccccc2)C1)Nc1ccc(Cl)cc1Cl. The summed E-state index contributed by atoms with van der Waals surface area (Å²) in [6, 6.07) is 13.9. The number of halogens is 2. The maximum absolute atomic E-state index is 12.3. The highest BCUT2D eigenvalue weighted by atomic mass is 35.5. The van der Waals surface area contributed by atoms with E-state index in [9.17, 15) is 14.4 Å². The van der Waals surface area contributed by atoms with Crippen LogP contribution in [0.5, 0.6) is 0 Å². The van der Waals surface area contributed by atoms with E-state index in [0.29, 0.717) is 22.3 Å². The van der Waals surface area contributed by atoms with Gasteiger partial charge in [-0.05, 0) is 30.3 Å². The molecule has 0 radical (unpaired) electrons. The number of para-hydroxylation sites is 1. The largest absolute Gasteiger partial charge is 0.347 e. The van der Waals surface area contributed by atoms with Crippen LogP contribution in [-0.4, -0.2) is 30.8 Å². The highest BCUT2D eigenvalue weighted by Gasteiger charge is 2.35. The zero-order chi connectivity index (χ0) is 19.4. The summed E-state index contributed by atoms with van der Waals surface area (Å²) in [6.45, 7) is 0.0765. The maximum Gasteiger partial charge on any atom is 0.243 e. The summed E-state index contributed by atoms with van der Waals surface area (Å²) in [5.74, 6) is -1.36. The second-order valence-electron chi connectivity index (χ2n) is 6.13. The van der Waals surface area contributed by atoms with E-state index in [4.69, 9.17) is 23.2 Å². The van der Waals surface area contributed by atoms with Crippen molar-refractivity contribution in [2.24, 2.45) is 5.92 Å². The van der Waals surface area contributed by atoms with Crippen molar-refractivity contribution >= 4 is 52.3 Å². The van der Waals surface area contributed by atoms with Gasteiger partial charge in [0.2, 0.25) is 17.7 Å². The first-order valence-electron chi connectivity index (χ1n) is 8.32. The smallest absolute Gasteiger partial charge is 0.243 e. The summed E-state index contributed by atoms with van der Waals surface area (Å²) in [5, 5.41) is 5.94. The zero-order valence-corrected chi connectivity index (χ0v) is 15.8. The first-order chi connectivity index (χ1) is 12.9. The maximum atomic E-state index is 12.3. The van der Waals surface area contributed by atoms with E-state index < -0.39 is 11.8 Å². The average Bonchev–Trinajstić information content (AvgIpc) is 3.04. The molecule has 2 aromatic rings. The fourth-order valence-corrected chi connectivity index (χ4v) is 3.29. The van der Waals surface area contributed by atoms with Crippen LogP contribution in [0.1, 0.15) is 6.42 Å². The molecule has 8 heteroatoms. The summed E-state index contributed by atoms with van der Waals surface area (Å²) < 4.78 is 0. The molecule has 1 aliphatic heterocycles. The molecule has 0 aromatic heterocycles. The van der Waals surface area contributed by atoms with Crippen molar-refractivity contribution in [2.75, 3.05) is 23.3 Å². The van der Waals surface area contributed by atoms with E-state index in [0.717, 1.165) is 5.69 Å². The number of carbonyl (C=O) groups is 3. The van der Waals surface area contributed by atoms with Gasteiger partial charge in [-0.1, -0.05) is 41.4 Å². The van der Waals surface area contributed by atoms with Gasteiger partial charge < -0.3 is 15.5 Å². The first kappa shape index (κ1) is 19.2. The third-order valence-electron chi connectivity index (χ3n) is 4.19. The third kappa shape index (κ3) is 4.78. The number of carbonyl (C=O) groups excluding carboxylic acids is 3. The van der Waals surface area contributed by atoms with Gasteiger partial charge in [0, 0.05) is 23.7 Å². The predicted octanol–water partition coefficient (Wildman–Crippen LogP) is 3.10. The lowest BCUT2D eigenvalue weighted by molar-refractivity contribution is -0.127. The van der Waals surface area contributed by atoms with Gasteiger partial charge in [0.1, 0.15) is 0 Å². The minimum absolute atomic E-state index is 0.112. The van der Waals surface area contributed by atoms with Gasteiger partial charge in [0.25, 0.3) is 0 Å². The van der Waals surface area contributed by atoms with Crippen molar-refractivity contribution in [1.82, 2.24) is 5.32 Å². The Bertz CT molecular complexity index is 874. The standard InChI is InChI=1S/C19H17Cl2N3O3/c20-13-6-7-16(15(21)9-13)23-17(25)10-22-19(27)12-8-18(26)24(11-12)14-4-2-1-3-5-14/h1-7,9,12H,8,10-11H2,(H,22,27)(H,23,25)/t12-/m1/s1. The van der Waals surface area contributed by atoms with Crippen LogP contribution in [0.3, 0.4) is 0 Å². The van der Waals surface area contributed by atoms with E-state index in [1.807, 2.05) is 30.3 Å². The highest BCUT2D eigenvalue weighted by Crippen LogP contribution is 2.26. The molecule has 140 valence electrons. The van der Waals surface area contributed by atoms with E-state index in [-0.39, 0.29) is 24.8 Å². The van der Waals surface area contributed by atoms with Gasteiger partial charge >= 0.3 is 0 Å². The number of rotatable bonds is 5. The molecule has 1 atom stereocenters. The van der Waals surface area contributed by atoms with E-state index in [1.54, 1.807) is 17.0 Å². The van der Waals surface area contributed by atoms with E-state index in [2.05, 4.69) is 10.6 Å². The van der Waals surface area contributed by atoms with E-state index >= 15 is 0 Å². The van der Waals surface area contributed by atoms with Crippen LogP contribution in [-0.2, 0) is 14.4 Å². The van der Waals surface area contributed by atoms with Crippen LogP contribution in [0, 0.1) is 5.92 Å². The number of nitrogens with one attached hydrogen (secondary N) is 2. The Morgan fingerprint density at radius 2 is 1.85 bits per heavy atom. The highest BCUT2D eigenvalue weighted by molar-refractivity contribution is 6.36. The van der Waals surface area contributed by atoms with Crippen molar-refractivity contribution in [3.63, 3.8) is 0 Å². The Labute approximate surface area is 166 Å². The predicted molar refractivity (Wildman–Crippen MR) is 105 cm³/mol. The molecule has 3 rings (SSSR count). The number of anilines is 2. The van der Waals surface area contributed by atoms with Crippen molar-refractivity contribution in [3.8, 4) is 0 Å². The number of amides is 3. The molecule has 0 bridgehead atoms. The molecule has 27 heavy (non-hydrogen) atoms. The van der Waals surface area contributed by atoms with Crippen LogP contribution >= 0.6 is 23.2 Å². The molecule has 0 saturated carbocycles. The van der Waals surface area contributed by atoms with Crippen molar-refractivity contribution in [3.05, 3.63) is 58.6 Å². The number of nitrogens with zero attached hydrogens (tertiary/aromatic N) is 1. The molecule has 1 fully saturated rings. The minimum atomic E-state index is -0.496. The summed E-state index contributed by atoms with van der Waals surface area (Å²) in [4.78, 5) is 38.1. The average molecular weight is 406 g/mol. The molecule has 1 heterocycles. The lowest BCUT2D eigenvalue weighted by Crippen LogP contribution is -2.37. The van der Waals surface area contributed by atoms with Crippen LogP contribution in [0.2, 0.25) is 10.0 Å². The van der Waals surface area contributed by atoms with Gasteiger partial charge in [-0.2, -0.15) is 0 Å². The third-order valence-corrected chi connectivity index (χ3v) is 4.74. The Balaban J connectivity index is 1.52. The molecule has 1 aliphatic rings. The summed E-state index contributed by atoms with van der Waals surface area (Å²) >= 11 is 11.8. The van der Waals surface area contributed by atoms with Crippen LogP contribution in [0.15, 0.2) is 48.5 Å². The number of hydrogen-bond donors (Lipinski definition) is 2. The van der Waals surface area contributed by atoms with Gasteiger partial charge in [-0.25, -0.2) is 0 Å². The Morgan fingerprint density at radius 3 is 2.56 bits per heavy atom. The quantitative estimate of drug-likeness (QED) is 0.801. The molecule has 6 nitrogen and oxygen atoms in total.